The van der Waals surface area contributed by atoms with E-state index in [-0.39, 0.29) is 0 Å². The molecule has 3 aliphatic rings. The Hall–Kier alpha value is -1.12. The Morgan fingerprint density at radius 3 is 2.42 bits per heavy atom. The molecular weight excluding hydrogens is 150 g/mol. The number of aromatic nitrogens is 2. The predicted octanol–water partition coefficient (Wildman–Crippen LogP) is 1.44. The zero-order chi connectivity index (χ0) is 8.02. The first-order valence-corrected chi connectivity index (χ1v) is 4.42. The maximum Gasteiger partial charge on any atom is 0.223 e. The van der Waals surface area contributed by atoms with E-state index in [4.69, 9.17) is 0 Å². The molecule has 2 bridgehead atoms. The number of nitrogens with zero attached hydrogens (tertiary/aromatic N) is 2. The van der Waals surface area contributed by atoms with Crippen LogP contribution in [0, 0.1) is 5.92 Å². The summed E-state index contributed by atoms with van der Waals surface area (Å²) in [6.45, 7) is 0. The molecule has 3 heteroatoms. The molecule has 62 valence electrons. The third-order valence-corrected chi connectivity index (χ3v) is 2.98. The molecule has 0 aliphatic heterocycles. The van der Waals surface area contributed by atoms with Gasteiger partial charge in [-0.15, -0.1) is 0 Å². The van der Waals surface area contributed by atoms with E-state index in [0.717, 1.165) is 11.9 Å². The van der Waals surface area contributed by atoms with Crippen molar-refractivity contribution in [2.75, 3.05) is 5.32 Å². The molecule has 3 nitrogen and oxygen atoms in total. The highest BCUT2D eigenvalue weighted by Gasteiger charge is 2.56. The smallest absolute Gasteiger partial charge is 0.223 e. The first-order chi connectivity index (χ1) is 5.86. The van der Waals surface area contributed by atoms with E-state index in [2.05, 4.69) is 15.3 Å². The van der Waals surface area contributed by atoms with E-state index in [1.807, 2.05) is 6.07 Å². The molecule has 0 saturated heterocycles. The fourth-order valence-corrected chi connectivity index (χ4v) is 2.23. The first-order valence-electron chi connectivity index (χ1n) is 4.42. The molecule has 1 aromatic heterocycles. The Balaban J connectivity index is 1.75. The Morgan fingerprint density at radius 1 is 1.25 bits per heavy atom. The second kappa shape index (κ2) is 1.97. The summed E-state index contributed by atoms with van der Waals surface area (Å²) >= 11 is 0. The molecule has 0 radical (unpaired) electrons. The molecule has 0 amide bonds. The van der Waals surface area contributed by atoms with Gasteiger partial charge in [0.25, 0.3) is 0 Å². The number of anilines is 1. The minimum Gasteiger partial charge on any atom is -0.349 e. The molecular formula is C9H11N3. The zero-order valence-corrected chi connectivity index (χ0v) is 6.83. The van der Waals surface area contributed by atoms with Crippen molar-refractivity contribution >= 4 is 5.95 Å². The lowest BCUT2D eigenvalue weighted by Gasteiger charge is -2.61. The van der Waals surface area contributed by atoms with Crippen LogP contribution < -0.4 is 5.32 Å². The molecule has 3 fully saturated rings. The third-order valence-electron chi connectivity index (χ3n) is 2.98. The van der Waals surface area contributed by atoms with Crippen molar-refractivity contribution < 1.29 is 0 Å². The summed E-state index contributed by atoms with van der Waals surface area (Å²) in [6, 6.07) is 1.84. The molecule has 0 unspecified atom stereocenters. The highest BCUT2D eigenvalue weighted by atomic mass is 15.2. The van der Waals surface area contributed by atoms with Crippen LogP contribution in [0.5, 0.6) is 0 Å². The van der Waals surface area contributed by atoms with Crippen molar-refractivity contribution in [3.8, 4) is 0 Å². The molecule has 12 heavy (non-hydrogen) atoms. The van der Waals surface area contributed by atoms with Crippen molar-refractivity contribution in [2.45, 2.75) is 24.8 Å². The van der Waals surface area contributed by atoms with Gasteiger partial charge in [0.1, 0.15) is 0 Å². The lowest BCUT2D eigenvalue weighted by atomic mass is 9.50. The SMILES string of the molecule is c1cnc(NC23CC(C2)C3)nc1. The van der Waals surface area contributed by atoms with Crippen LogP contribution in [0.15, 0.2) is 18.5 Å². The molecule has 1 heterocycles. The van der Waals surface area contributed by atoms with E-state index in [1.165, 1.54) is 19.3 Å². The maximum absolute atomic E-state index is 4.15. The lowest BCUT2D eigenvalue weighted by molar-refractivity contribution is 0.00146. The summed E-state index contributed by atoms with van der Waals surface area (Å²) in [4.78, 5) is 8.30. The highest BCUT2D eigenvalue weighted by molar-refractivity contribution is 5.35. The average Bonchev–Trinajstić information content (AvgIpc) is 1.97. The van der Waals surface area contributed by atoms with Gasteiger partial charge in [0.05, 0.1) is 0 Å². The minimum absolute atomic E-state index is 0.395. The van der Waals surface area contributed by atoms with Gasteiger partial charge in [-0.05, 0) is 31.2 Å². The van der Waals surface area contributed by atoms with Gasteiger partial charge in [0.15, 0.2) is 0 Å². The summed E-state index contributed by atoms with van der Waals surface area (Å²) in [5, 5.41) is 3.40. The van der Waals surface area contributed by atoms with Gasteiger partial charge >= 0.3 is 0 Å². The first kappa shape index (κ1) is 6.40. The monoisotopic (exact) mass is 161 g/mol. The van der Waals surface area contributed by atoms with E-state index in [9.17, 15) is 0 Å². The van der Waals surface area contributed by atoms with Gasteiger partial charge in [-0.1, -0.05) is 0 Å². The van der Waals surface area contributed by atoms with Crippen molar-refractivity contribution in [3.63, 3.8) is 0 Å². The molecule has 0 atom stereocenters. The Bertz CT molecular complexity index is 279. The van der Waals surface area contributed by atoms with Gasteiger partial charge in [-0.3, -0.25) is 0 Å². The van der Waals surface area contributed by atoms with Gasteiger partial charge in [-0.25, -0.2) is 9.97 Å². The van der Waals surface area contributed by atoms with Crippen molar-refractivity contribution in [1.29, 1.82) is 0 Å². The summed E-state index contributed by atoms with van der Waals surface area (Å²) in [6.07, 6.45) is 7.53. The molecule has 3 saturated carbocycles. The summed E-state index contributed by atoms with van der Waals surface area (Å²) in [5.41, 5.74) is 0.395. The van der Waals surface area contributed by atoms with Crippen molar-refractivity contribution in [3.05, 3.63) is 18.5 Å². The third kappa shape index (κ3) is 0.763. The number of hydrogen-bond acceptors (Lipinski definition) is 3. The zero-order valence-electron chi connectivity index (χ0n) is 6.83. The van der Waals surface area contributed by atoms with Gasteiger partial charge in [0, 0.05) is 17.9 Å². The van der Waals surface area contributed by atoms with Crippen LogP contribution in [0.1, 0.15) is 19.3 Å². The standard InChI is InChI=1S/C9H11N3/c1-2-10-8(11-3-1)12-9-4-7(5-9)6-9/h1-3,7H,4-6H2,(H,10,11,12). The van der Waals surface area contributed by atoms with Crippen molar-refractivity contribution in [2.24, 2.45) is 5.92 Å². The molecule has 1 aromatic rings. The Kier molecular flexibility index (Phi) is 1.05. The maximum atomic E-state index is 4.15. The van der Waals surface area contributed by atoms with E-state index in [1.54, 1.807) is 12.4 Å². The van der Waals surface area contributed by atoms with Gasteiger partial charge < -0.3 is 5.32 Å². The Morgan fingerprint density at radius 2 is 1.92 bits per heavy atom. The van der Waals surface area contributed by atoms with Crippen LogP contribution in [-0.4, -0.2) is 15.5 Å². The molecule has 4 rings (SSSR count). The number of nitrogens with one attached hydrogen (secondary N) is 1. The summed E-state index contributed by atoms with van der Waals surface area (Å²) < 4.78 is 0. The van der Waals surface area contributed by atoms with E-state index >= 15 is 0 Å². The van der Waals surface area contributed by atoms with Gasteiger partial charge in [-0.2, -0.15) is 0 Å². The predicted molar refractivity (Wildman–Crippen MR) is 45.7 cm³/mol. The van der Waals surface area contributed by atoms with E-state index < -0.39 is 0 Å². The van der Waals surface area contributed by atoms with Crippen LogP contribution in [0.4, 0.5) is 5.95 Å². The molecule has 1 N–H and O–H groups in total. The lowest BCUT2D eigenvalue weighted by Crippen LogP contribution is -2.63. The fraction of sp³-hybridized carbons (Fsp3) is 0.556. The Labute approximate surface area is 71.2 Å². The van der Waals surface area contributed by atoms with Crippen LogP contribution >= 0.6 is 0 Å². The normalized spacial score (nSPS) is 36.5. The second-order valence-corrected chi connectivity index (χ2v) is 3.96. The van der Waals surface area contributed by atoms with Crippen molar-refractivity contribution in [1.82, 2.24) is 9.97 Å². The average molecular weight is 161 g/mol. The van der Waals surface area contributed by atoms with Crippen LogP contribution in [0.25, 0.3) is 0 Å². The van der Waals surface area contributed by atoms with Crippen LogP contribution in [0.3, 0.4) is 0 Å². The largest absolute Gasteiger partial charge is 0.349 e. The number of rotatable bonds is 2. The molecule has 3 aliphatic carbocycles. The molecule has 0 aromatic carbocycles. The quantitative estimate of drug-likeness (QED) is 0.713. The summed E-state index contributed by atoms with van der Waals surface area (Å²) in [7, 11) is 0. The molecule has 0 spiro atoms. The summed E-state index contributed by atoms with van der Waals surface area (Å²) in [5.74, 6) is 1.79. The minimum atomic E-state index is 0.395. The second-order valence-electron chi connectivity index (χ2n) is 3.96. The topological polar surface area (TPSA) is 37.8 Å². The highest BCUT2D eigenvalue weighted by Crippen LogP contribution is 2.58. The van der Waals surface area contributed by atoms with E-state index in [0.29, 0.717) is 5.54 Å². The van der Waals surface area contributed by atoms with Crippen LogP contribution in [-0.2, 0) is 0 Å². The van der Waals surface area contributed by atoms with Crippen LogP contribution in [0.2, 0.25) is 0 Å². The van der Waals surface area contributed by atoms with Gasteiger partial charge in [0.2, 0.25) is 5.95 Å². The fourth-order valence-electron chi connectivity index (χ4n) is 2.23. The number of hydrogen-bond donors (Lipinski definition) is 1.